The molecule has 4 heteroatoms. The van der Waals surface area contributed by atoms with E-state index in [-0.39, 0.29) is 0 Å². The van der Waals surface area contributed by atoms with E-state index in [2.05, 4.69) is 34.4 Å². The molecule has 0 radical (unpaired) electrons. The maximum Gasteiger partial charge on any atom is 0.134 e. The van der Waals surface area contributed by atoms with Gasteiger partial charge in [-0.15, -0.1) is 0 Å². The van der Waals surface area contributed by atoms with Crippen LogP contribution in [0.15, 0.2) is 6.33 Å². The standard InChI is InChI=1S/C14H24N4/c1-4-11-6-5-7-12(8-11)18-14-10(2)13(15-3)16-9-17-14/h9,11-12H,4-8H2,1-3H3,(H2,15,16,17,18). The predicted octanol–water partition coefficient (Wildman–Crippen LogP) is 3.21. The highest BCUT2D eigenvalue weighted by Crippen LogP contribution is 2.29. The Labute approximate surface area is 110 Å². The molecule has 1 aromatic rings. The minimum absolute atomic E-state index is 0.571. The van der Waals surface area contributed by atoms with Crippen molar-refractivity contribution >= 4 is 11.6 Å². The Morgan fingerprint density at radius 1 is 1.28 bits per heavy atom. The van der Waals surface area contributed by atoms with Crippen molar-refractivity contribution in [3.63, 3.8) is 0 Å². The van der Waals surface area contributed by atoms with Crippen LogP contribution in [-0.2, 0) is 0 Å². The SMILES string of the molecule is CCC1CCCC(Nc2ncnc(NC)c2C)C1. The topological polar surface area (TPSA) is 49.8 Å². The van der Waals surface area contributed by atoms with Crippen molar-refractivity contribution in [2.75, 3.05) is 17.7 Å². The maximum absolute atomic E-state index is 4.37. The highest BCUT2D eigenvalue weighted by molar-refractivity contribution is 5.56. The fraction of sp³-hybridized carbons (Fsp3) is 0.714. The van der Waals surface area contributed by atoms with E-state index in [9.17, 15) is 0 Å². The lowest BCUT2D eigenvalue weighted by molar-refractivity contribution is 0.327. The smallest absolute Gasteiger partial charge is 0.134 e. The fourth-order valence-electron chi connectivity index (χ4n) is 2.83. The van der Waals surface area contributed by atoms with E-state index in [0.29, 0.717) is 6.04 Å². The van der Waals surface area contributed by atoms with E-state index in [1.807, 2.05) is 7.05 Å². The molecule has 0 bridgehead atoms. The average Bonchev–Trinajstić information content (AvgIpc) is 2.41. The summed E-state index contributed by atoms with van der Waals surface area (Å²) in [5.41, 5.74) is 1.11. The molecule has 0 saturated heterocycles. The lowest BCUT2D eigenvalue weighted by Crippen LogP contribution is -2.28. The quantitative estimate of drug-likeness (QED) is 0.859. The van der Waals surface area contributed by atoms with E-state index in [4.69, 9.17) is 0 Å². The molecule has 2 N–H and O–H groups in total. The summed E-state index contributed by atoms with van der Waals surface area (Å²) in [4.78, 5) is 8.59. The highest BCUT2D eigenvalue weighted by atomic mass is 15.1. The number of nitrogens with one attached hydrogen (secondary N) is 2. The summed E-state index contributed by atoms with van der Waals surface area (Å²) in [5, 5.41) is 6.70. The van der Waals surface area contributed by atoms with Crippen molar-refractivity contribution < 1.29 is 0 Å². The van der Waals surface area contributed by atoms with Gasteiger partial charge in [0.2, 0.25) is 0 Å². The normalized spacial score (nSPS) is 23.7. The maximum atomic E-state index is 4.37. The van der Waals surface area contributed by atoms with Gasteiger partial charge in [-0.3, -0.25) is 0 Å². The average molecular weight is 248 g/mol. The number of rotatable bonds is 4. The molecule has 1 aliphatic carbocycles. The van der Waals surface area contributed by atoms with Crippen LogP contribution in [0, 0.1) is 12.8 Å². The van der Waals surface area contributed by atoms with Crippen LogP contribution >= 0.6 is 0 Å². The van der Waals surface area contributed by atoms with Crippen LogP contribution in [0.4, 0.5) is 11.6 Å². The van der Waals surface area contributed by atoms with Gasteiger partial charge >= 0.3 is 0 Å². The van der Waals surface area contributed by atoms with Gasteiger partial charge in [0, 0.05) is 18.7 Å². The summed E-state index contributed by atoms with van der Waals surface area (Å²) >= 11 is 0. The van der Waals surface area contributed by atoms with E-state index in [0.717, 1.165) is 23.1 Å². The number of anilines is 2. The third-order valence-electron chi connectivity index (χ3n) is 4.02. The van der Waals surface area contributed by atoms with Crippen molar-refractivity contribution in [1.29, 1.82) is 0 Å². The van der Waals surface area contributed by atoms with Crippen molar-refractivity contribution in [3.05, 3.63) is 11.9 Å². The zero-order valence-electron chi connectivity index (χ0n) is 11.7. The first-order valence-electron chi connectivity index (χ1n) is 7.00. The first-order valence-corrected chi connectivity index (χ1v) is 7.00. The van der Waals surface area contributed by atoms with E-state index >= 15 is 0 Å². The monoisotopic (exact) mass is 248 g/mol. The lowest BCUT2D eigenvalue weighted by Gasteiger charge is -2.30. The second kappa shape index (κ2) is 6.03. The molecular formula is C14H24N4. The van der Waals surface area contributed by atoms with Gasteiger partial charge in [-0.25, -0.2) is 9.97 Å². The molecule has 1 aliphatic rings. The van der Waals surface area contributed by atoms with Crippen LogP contribution in [0.25, 0.3) is 0 Å². The van der Waals surface area contributed by atoms with Gasteiger partial charge in [0.25, 0.3) is 0 Å². The number of hydrogen-bond donors (Lipinski definition) is 2. The number of nitrogens with zero attached hydrogens (tertiary/aromatic N) is 2. The first kappa shape index (κ1) is 13.1. The zero-order valence-corrected chi connectivity index (χ0v) is 11.7. The number of aromatic nitrogens is 2. The van der Waals surface area contributed by atoms with Crippen LogP contribution in [-0.4, -0.2) is 23.1 Å². The first-order chi connectivity index (χ1) is 8.74. The number of hydrogen-bond acceptors (Lipinski definition) is 4. The molecule has 0 aromatic carbocycles. The van der Waals surface area contributed by atoms with Gasteiger partial charge in [-0.05, 0) is 25.7 Å². The molecule has 1 saturated carbocycles. The summed E-state index contributed by atoms with van der Waals surface area (Å²) in [6.45, 7) is 4.36. The molecule has 0 amide bonds. The summed E-state index contributed by atoms with van der Waals surface area (Å²) < 4.78 is 0. The Morgan fingerprint density at radius 2 is 2.06 bits per heavy atom. The van der Waals surface area contributed by atoms with Gasteiger partial charge in [-0.2, -0.15) is 0 Å². The highest BCUT2D eigenvalue weighted by Gasteiger charge is 2.21. The van der Waals surface area contributed by atoms with Gasteiger partial charge in [0.1, 0.15) is 18.0 Å². The van der Waals surface area contributed by atoms with Crippen molar-refractivity contribution in [1.82, 2.24) is 9.97 Å². The van der Waals surface area contributed by atoms with Crippen LogP contribution < -0.4 is 10.6 Å². The van der Waals surface area contributed by atoms with Gasteiger partial charge < -0.3 is 10.6 Å². The van der Waals surface area contributed by atoms with Crippen molar-refractivity contribution in [3.8, 4) is 0 Å². The summed E-state index contributed by atoms with van der Waals surface area (Å²) in [7, 11) is 1.90. The molecular weight excluding hydrogens is 224 g/mol. The van der Waals surface area contributed by atoms with Crippen LogP contribution in [0.2, 0.25) is 0 Å². The fourth-order valence-corrected chi connectivity index (χ4v) is 2.83. The molecule has 100 valence electrons. The molecule has 1 fully saturated rings. The molecule has 2 unspecified atom stereocenters. The van der Waals surface area contributed by atoms with Crippen LogP contribution in [0.3, 0.4) is 0 Å². The Bertz CT molecular complexity index is 391. The van der Waals surface area contributed by atoms with Crippen LogP contribution in [0.1, 0.15) is 44.6 Å². The minimum Gasteiger partial charge on any atom is -0.373 e. The summed E-state index contributed by atoms with van der Waals surface area (Å²) in [6, 6.07) is 0.571. The summed E-state index contributed by atoms with van der Waals surface area (Å²) in [5.74, 6) is 2.77. The summed E-state index contributed by atoms with van der Waals surface area (Å²) in [6.07, 6.45) is 8.17. The van der Waals surface area contributed by atoms with Gasteiger partial charge in [0.15, 0.2) is 0 Å². The van der Waals surface area contributed by atoms with E-state index < -0.39 is 0 Å². The molecule has 2 rings (SSSR count). The zero-order chi connectivity index (χ0) is 13.0. The van der Waals surface area contributed by atoms with E-state index in [1.54, 1.807) is 6.33 Å². The lowest BCUT2D eigenvalue weighted by atomic mass is 9.84. The second-order valence-corrected chi connectivity index (χ2v) is 5.23. The molecule has 18 heavy (non-hydrogen) atoms. The molecule has 4 nitrogen and oxygen atoms in total. The molecule has 1 heterocycles. The third kappa shape index (κ3) is 2.92. The molecule has 0 spiro atoms. The van der Waals surface area contributed by atoms with Crippen molar-refractivity contribution in [2.24, 2.45) is 5.92 Å². The minimum atomic E-state index is 0.571. The molecule has 0 aliphatic heterocycles. The largest absolute Gasteiger partial charge is 0.373 e. The third-order valence-corrected chi connectivity index (χ3v) is 4.02. The molecule has 2 atom stereocenters. The second-order valence-electron chi connectivity index (χ2n) is 5.23. The van der Waals surface area contributed by atoms with E-state index in [1.165, 1.54) is 32.1 Å². The predicted molar refractivity (Wildman–Crippen MR) is 76.0 cm³/mol. The van der Waals surface area contributed by atoms with Gasteiger partial charge in [0.05, 0.1) is 0 Å². The Balaban J connectivity index is 2.04. The Kier molecular flexibility index (Phi) is 4.39. The van der Waals surface area contributed by atoms with Crippen LogP contribution in [0.5, 0.6) is 0 Å². The Hall–Kier alpha value is -1.32. The van der Waals surface area contributed by atoms with Gasteiger partial charge in [-0.1, -0.05) is 26.2 Å². The molecule has 1 aromatic heterocycles. The van der Waals surface area contributed by atoms with Crippen molar-refractivity contribution in [2.45, 2.75) is 52.0 Å². The Morgan fingerprint density at radius 3 is 2.78 bits per heavy atom.